The molecule has 1 aromatic carbocycles. The lowest BCUT2D eigenvalue weighted by molar-refractivity contribution is -0.274. The molecule has 0 aromatic heterocycles. The molecule has 2 heterocycles. The van der Waals surface area contributed by atoms with Crippen LogP contribution in [0.15, 0.2) is 18.2 Å². The van der Waals surface area contributed by atoms with Gasteiger partial charge in [0.05, 0.1) is 24.0 Å². The summed E-state index contributed by atoms with van der Waals surface area (Å²) in [6.45, 7) is 1.54. The molecule has 2 fully saturated rings. The Balaban J connectivity index is 1.63. The topological polar surface area (TPSA) is 45.5 Å². The normalized spacial score (nSPS) is 22.9. The second-order valence-corrected chi connectivity index (χ2v) is 6.91. The average Bonchev–Trinajstić information content (AvgIpc) is 2.59. The monoisotopic (exact) mass is 372 g/mol. The van der Waals surface area contributed by atoms with E-state index < -0.39 is 17.9 Å². The van der Waals surface area contributed by atoms with E-state index in [0.717, 1.165) is 31.0 Å². The van der Waals surface area contributed by atoms with Crippen LogP contribution >= 0.6 is 0 Å². The Kier molecular flexibility index (Phi) is 5.28. The van der Waals surface area contributed by atoms with Gasteiger partial charge in [0, 0.05) is 25.6 Å². The summed E-state index contributed by atoms with van der Waals surface area (Å²) in [6, 6.07) is 5.21. The Morgan fingerprint density at radius 1 is 1.27 bits per heavy atom. The number of alkyl halides is 3. The maximum Gasteiger partial charge on any atom is 0.573 e. The maximum atomic E-state index is 14.1. The number of rotatable bonds is 3. The highest BCUT2D eigenvalue weighted by Gasteiger charge is 2.40. The van der Waals surface area contributed by atoms with Crippen molar-refractivity contribution in [3.8, 4) is 11.8 Å². The quantitative estimate of drug-likeness (QED) is 0.738. The van der Waals surface area contributed by atoms with Crippen molar-refractivity contribution in [1.29, 1.82) is 5.26 Å². The second-order valence-electron chi connectivity index (χ2n) is 6.91. The molecule has 142 valence electrons. The minimum Gasteiger partial charge on any atom is -0.406 e. The summed E-state index contributed by atoms with van der Waals surface area (Å²) in [6.07, 6.45) is -1.19. The van der Waals surface area contributed by atoms with Crippen molar-refractivity contribution in [3.63, 3.8) is 0 Å². The molecule has 1 spiro atoms. The summed E-state index contributed by atoms with van der Waals surface area (Å²) in [4.78, 5) is 1.73. The van der Waals surface area contributed by atoms with Crippen LogP contribution in [0, 0.1) is 23.1 Å². The van der Waals surface area contributed by atoms with Gasteiger partial charge >= 0.3 is 6.36 Å². The summed E-state index contributed by atoms with van der Waals surface area (Å²) in [5.41, 5.74) is -0.154. The summed E-state index contributed by atoms with van der Waals surface area (Å²) in [5.74, 6) is -0.742. The molecule has 0 aliphatic carbocycles. The summed E-state index contributed by atoms with van der Waals surface area (Å²) in [7, 11) is 0. The van der Waals surface area contributed by atoms with Crippen molar-refractivity contribution in [1.82, 2.24) is 0 Å². The van der Waals surface area contributed by atoms with E-state index in [9.17, 15) is 17.6 Å². The van der Waals surface area contributed by atoms with Crippen LogP contribution in [0.1, 0.15) is 32.1 Å². The van der Waals surface area contributed by atoms with E-state index in [2.05, 4.69) is 10.8 Å². The molecule has 1 unspecified atom stereocenters. The fourth-order valence-electron chi connectivity index (χ4n) is 3.69. The van der Waals surface area contributed by atoms with Gasteiger partial charge in [-0.05, 0) is 43.7 Å². The van der Waals surface area contributed by atoms with Crippen molar-refractivity contribution < 1.29 is 27.0 Å². The van der Waals surface area contributed by atoms with Gasteiger partial charge in [0.2, 0.25) is 0 Å². The van der Waals surface area contributed by atoms with E-state index in [-0.39, 0.29) is 17.2 Å². The molecule has 0 amide bonds. The van der Waals surface area contributed by atoms with Crippen LogP contribution in [0.2, 0.25) is 0 Å². The first-order chi connectivity index (χ1) is 12.3. The van der Waals surface area contributed by atoms with Crippen molar-refractivity contribution in [2.75, 3.05) is 24.6 Å². The first kappa shape index (κ1) is 18.8. The third kappa shape index (κ3) is 4.39. The van der Waals surface area contributed by atoms with Gasteiger partial charge in [-0.2, -0.15) is 5.26 Å². The van der Waals surface area contributed by atoms with Gasteiger partial charge in [-0.3, -0.25) is 0 Å². The van der Waals surface area contributed by atoms with Gasteiger partial charge in [0.15, 0.2) is 0 Å². The van der Waals surface area contributed by atoms with Crippen LogP contribution in [0.4, 0.5) is 23.2 Å². The Labute approximate surface area is 149 Å². The van der Waals surface area contributed by atoms with Crippen LogP contribution < -0.4 is 9.64 Å². The molecule has 1 aromatic rings. The highest BCUT2D eigenvalue weighted by molar-refractivity contribution is 5.52. The third-order valence-corrected chi connectivity index (χ3v) is 5.18. The summed E-state index contributed by atoms with van der Waals surface area (Å²) in [5, 5.41) is 8.77. The van der Waals surface area contributed by atoms with E-state index in [0.29, 0.717) is 39.0 Å². The van der Waals surface area contributed by atoms with Gasteiger partial charge in [0.25, 0.3) is 0 Å². The molecule has 0 bridgehead atoms. The Morgan fingerprint density at radius 3 is 2.58 bits per heavy atom. The van der Waals surface area contributed by atoms with Crippen molar-refractivity contribution in [2.24, 2.45) is 5.92 Å². The van der Waals surface area contributed by atoms with E-state index in [1.807, 2.05) is 0 Å². The number of nitriles is 1. The molecular weight excluding hydrogens is 352 g/mol. The molecule has 2 aliphatic heterocycles. The van der Waals surface area contributed by atoms with E-state index in [1.165, 1.54) is 0 Å². The molecule has 3 rings (SSSR count). The summed E-state index contributed by atoms with van der Waals surface area (Å²) >= 11 is 0. The molecular formula is C18H20F4N2O2. The lowest BCUT2D eigenvalue weighted by Gasteiger charge is -2.46. The predicted octanol–water partition coefficient (Wildman–Crippen LogP) is 4.40. The number of ether oxygens (including phenoxy) is 2. The Morgan fingerprint density at radius 2 is 2.00 bits per heavy atom. The highest BCUT2D eigenvalue weighted by Crippen LogP contribution is 2.39. The van der Waals surface area contributed by atoms with Crippen LogP contribution in [0.3, 0.4) is 0 Å². The van der Waals surface area contributed by atoms with E-state index >= 15 is 0 Å². The Bertz CT molecular complexity index is 669. The molecule has 4 nitrogen and oxygen atoms in total. The molecule has 8 heteroatoms. The summed E-state index contributed by atoms with van der Waals surface area (Å²) < 4.78 is 61.2. The van der Waals surface area contributed by atoms with E-state index in [4.69, 9.17) is 10.00 Å². The molecule has 0 radical (unpaired) electrons. The molecule has 0 N–H and O–H groups in total. The van der Waals surface area contributed by atoms with Gasteiger partial charge in [-0.15, -0.1) is 13.2 Å². The molecule has 1 atom stereocenters. The minimum atomic E-state index is -4.81. The number of anilines is 1. The van der Waals surface area contributed by atoms with Gasteiger partial charge < -0.3 is 14.4 Å². The molecule has 26 heavy (non-hydrogen) atoms. The van der Waals surface area contributed by atoms with Crippen LogP contribution in [0.25, 0.3) is 0 Å². The zero-order chi connectivity index (χ0) is 18.8. The standard InChI is InChI=1S/C18H20F4N2O2/c19-15-2-1-14(26-18(20,21)22)11-16(15)24-9-6-17(7-10-24)5-3-13(4-8-23)12-25-17/h1-2,11,13H,3-7,9-10,12H2. The van der Waals surface area contributed by atoms with Crippen molar-refractivity contribution in [3.05, 3.63) is 24.0 Å². The Hall–Kier alpha value is -2.01. The third-order valence-electron chi connectivity index (χ3n) is 5.18. The lowest BCUT2D eigenvalue weighted by atomic mass is 9.81. The smallest absolute Gasteiger partial charge is 0.406 e. The number of halogens is 4. The van der Waals surface area contributed by atoms with Gasteiger partial charge in [0.1, 0.15) is 11.6 Å². The van der Waals surface area contributed by atoms with Crippen LogP contribution in [-0.2, 0) is 4.74 Å². The number of hydrogen-bond acceptors (Lipinski definition) is 4. The van der Waals surface area contributed by atoms with Gasteiger partial charge in [-0.1, -0.05) is 0 Å². The highest BCUT2D eigenvalue weighted by atomic mass is 19.4. The zero-order valence-corrected chi connectivity index (χ0v) is 14.2. The predicted molar refractivity (Wildman–Crippen MR) is 86.2 cm³/mol. The number of benzene rings is 1. The fourth-order valence-corrected chi connectivity index (χ4v) is 3.69. The van der Waals surface area contributed by atoms with Crippen LogP contribution in [-0.4, -0.2) is 31.7 Å². The fraction of sp³-hybridized carbons (Fsp3) is 0.611. The molecule has 0 saturated carbocycles. The molecule has 2 saturated heterocycles. The second kappa shape index (κ2) is 7.31. The van der Waals surface area contributed by atoms with Crippen molar-refractivity contribution >= 4 is 5.69 Å². The van der Waals surface area contributed by atoms with Gasteiger partial charge in [-0.25, -0.2) is 4.39 Å². The lowest BCUT2D eigenvalue weighted by Crippen LogP contribution is -2.49. The van der Waals surface area contributed by atoms with Crippen molar-refractivity contribution in [2.45, 2.75) is 44.1 Å². The zero-order valence-electron chi connectivity index (χ0n) is 14.2. The molecule has 2 aliphatic rings. The largest absolute Gasteiger partial charge is 0.573 e. The first-order valence-corrected chi connectivity index (χ1v) is 8.61. The minimum absolute atomic E-state index is 0.111. The number of nitrogens with zero attached hydrogens (tertiary/aromatic N) is 2. The number of piperidine rings is 1. The maximum absolute atomic E-state index is 14.1. The SMILES string of the molecule is N#CCC1CCC2(CCN(c3cc(OC(F)(F)F)ccc3F)CC2)OC1. The average molecular weight is 372 g/mol. The first-order valence-electron chi connectivity index (χ1n) is 8.61. The number of hydrogen-bond donors (Lipinski definition) is 0. The van der Waals surface area contributed by atoms with Crippen LogP contribution in [0.5, 0.6) is 5.75 Å². The van der Waals surface area contributed by atoms with E-state index in [1.54, 1.807) is 4.90 Å².